The Morgan fingerprint density at radius 1 is 0.900 bits per heavy atom. The molecule has 0 aliphatic carbocycles. The van der Waals surface area contributed by atoms with E-state index in [2.05, 4.69) is 15.1 Å². The number of nitrogens with one attached hydrogen (secondary N) is 1. The number of hydrogen-bond acceptors (Lipinski definition) is 5. The molecule has 202 valence electrons. The van der Waals surface area contributed by atoms with Crippen molar-refractivity contribution in [3.8, 4) is 0 Å². The average molecular weight is 607 g/mol. The first-order chi connectivity index (χ1) is 19.3. The molecule has 0 unspecified atom stereocenters. The lowest BCUT2D eigenvalue weighted by Crippen LogP contribution is -2.29. The molecule has 0 aliphatic heterocycles. The predicted molar refractivity (Wildman–Crippen MR) is 165 cm³/mol. The lowest BCUT2D eigenvalue weighted by Gasteiger charge is -2.21. The van der Waals surface area contributed by atoms with Gasteiger partial charge in [-0.1, -0.05) is 65.7 Å². The molecule has 0 spiro atoms. The summed E-state index contributed by atoms with van der Waals surface area (Å²) in [5.41, 5.74) is 3.48. The van der Waals surface area contributed by atoms with E-state index in [9.17, 15) is 9.36 Å². The van der Waals surface area contributed by atoms with E-state index in [0.717, 1.165) is 32.2 Å². The Balaban J connectivity index is 1.36. The van der Waals surface area contributed by atoms with E-state index in [1.165, 1.54) is 23.9 Å². The summed E-state index contributed by atoms with van der Waals surface area (Å²) >= 11 is 14.0. The second kappa shape index (κ2) is 12.6. The van der Waals surface area contributed by atoms with E-state index in [1.54, 1.807) is 0 Å². The SMILES string of the molecule is Cc1sc(C(=O)c2cncnc2Cl)cc1Cc1cc(Cl)ccc1CCNP(=O)(c1ccccc1)c1ccccc1. The molecule has 0 aliphatic rings. The van der Waals surface area contributed by atoms with Crippen LogP contribution in [0.3, 0.4) is 0 Å². The predicted octanol–water partition coefficient (Wildman–Crippen LogP) is 7.04. The highest BCUT2D eigenvalue weighted by Crippen LogP contribution is 2.38. The van der Waals surface area contributed by atoms with Crippen LogP contribution >= 0.6 is 41.8 Å². The molecular formula is C31H26Cl2N3O2PS. The van der Waals surface area contributed by atoms with Gasteiger partial charge in [0.2, 0.25) is 13.1 Å². The summed E-state index contributed by atoms with van der Waals surface area (Å²) in [4.78, 5) is 22.6. The molecule has 0 saturated heterocycles. The lowest BCUT2D eigenvalue weighted by molar-refractivity contribution is 0.104. The fraction of sp³-hybridized carbons (Fsp3) is 0.129. The number of carbonyl (C=O) groups excluding carboxylic acids is 1. The maximum atomic E-state index is 14.3. The number of halogens is 2. The van der Waals surface area contributed by atoms with Crippen molar-refractivity contribution < 1.29 is 9.36 Å². The Hall–Kier alpha value is -3.12. The maximum Gasteiger partial charge on any atom is 0.207 e. The Morgan fingerprint density at radius 2 is 1.57 bits per heavy atom. The summed E-state index contributed by atoms with van der Waals surface area (Å²) in [7, 11) is -3.03. The summed E-state index contributed by atoms with van der Waals surface area (Å²) in [6, 6.07) is 26.9. The minimum atomic E-state index is -3.03. The Labute approximate surface area is 247 Å². The van der Waals surface area contributed by atoms with Gasteiger partial charge >= 0.3 is 0 Å². The molecule has 9 heteroatoms. The van der Waals surface area contributed by atoms with Gasteiger partial charge in [-0.25, -0.2) is 9.97 Å². The van der Waals surface area contributed by atoms with Gasteiger partial charge in [-0.2, -0.15) is 0 Å². The molecule has 0 atom stereocenters. The molecule has 0 amide bonds. The van der Waals surface area contributed by atoms with Crippen molar-refractivity contribution in [2.45, 2.75) is 19.8 Å². The van der Waals surface area contributed by atoms with Gasteiger partial charge in [-0.3, -0.25) is 14.4 Å². The van der Waals surface area contributed by atoms with Gasteiger partial charge in [0.15, 0.2) is 0 Å². The van der Waals surface area contributed by atoms with Crippen molar-refractivity contribution in [1.29, 1.82) is 0 Å². The minimum absolute atomic E-state index is 0.139. The van der Waals surface area contributed by atoms with Gasteiger partial charge in [0, 0.05) is 33.3 Å². The first-order valence-electron chi connectivity index (χ1n) is 12.7. The van der Waals surface area contributed by atoms with E-state index < -0.39 is 7.29 Å². The highest BCUT2D eigenvalue weighted by Gasteiger charge is 2.26. The van der Waals surface area contributed by atoms with Gasteiger partial charge < -0.3 is 0 Å². The largest absolute Gasteiger partial charge is 0.297 e. The van der Waals surface area contributed by atoms with Crippen LogP contribution in [0, 0.1) is 6.92 Å². The summed E-state index contributed by atoms with van der Waals surface area (Å²) in [6.07, 6.45) is 4.03. The standard InChI is InChI=1S/C31H26Cl2N3O2PS/c1-21-23(18-29(40-21)30(37)28-19-34-20-35-31(28)33)16-24-17-25(32)13-12-22(24)14-15-36-39(38,26-8-4-2-5-9-26)27-10-6-3-7-11-27/h2-13,17-20H,14-16H2,1H3,(H,36,38). The average Bonchev–Trinajstić information content (AvgIpc) is 3.34. The van der Waals surface area contributed by atoms with E-state index in [-0.39, 0.29) is 16.5 Å². The van der Waals surface area contributed by atoms with Gasteiger partial charge in [0.25, 0.3) is 0 Å². The van der Waals surface area contributed by atoms with Gasteiger partial charge in [0.1, 0.15) is 11.5 Å². The molecule has 5 rings (SSSR count). The molecule has 3 aromatic carbocycles. The second-order valence-electron chi connectivity index (χ2n) is 9.28. The number of rotatable bonds is 10. The van der Waals surface area contributed by atoms with Crippen molar-refractivity contribution in [3.63, 3.8) is 0 Å². The number of thiophene rings is 1. The molecule has 0 saturated carbocycles. The number of hydrogen-bond donors (Lipinski definition) is 1. The third kappa shape index (κ3) is 6.27. The normalized spacial score (nSPS) is 11.5. The Morgan fingerprint density at radius 3 is 2.23 bits per heavy atom. The minimum Gasteiger partial charge on any atom is -0.297 e. The molecule has 40 heavy (non-hydrogen) atoms. The van der Waals surface area contributed by atoms with E-state index >= 15 is 0 Å². The van der Waals surface area contributed by atoms with Crippen LogP contribution in [-0.4, -0.2) is 22.3 Å². The maximum absolute atomic E-state index is 14.3. The van der Waals surface area contributed by atoms with Crippen LogP contribution in [0.25, 0.3) is 0 Å². The fourth-order valence-corrected chi connectivity index (χ4v) is 8.21. The smallest absolute Gasteiger partial charge is 0.207 e. The topological polar surface area (TPSA) is 72.0 Å². The van der Waals surface area contributed by atoms with E-state index in [4.69, 9.17) is 23.2 Å². The van der Waals surface area contributed by atoms with Crippen LogP contribution in [0.1, 0.15) is 36.8 Å². The van der Waals surface area contributed by atoms with Crippen molar-refractivity contribution in [1.82, 2.24) is 15.1 Å². The summed E-state index contributed by atoms with van der Waals surface area (Å²) < 4.78 is 14.3. The van der Waals surface area contributed by atoms with Crippen LogP contribution in [0.15, 0.2) is 97.5 Å². The quantitative estimate of drug-likeness (QED) is 0.105. The third-order valence-electron chi connectivity index (χ3n) is 6.67. The number of aromatic nitrogens is 2. The van der Waals surface area contributed by atoms with Gasteiger partial charge in [-0.15, -0.1) is 11.3 Å². The number of carbonyl (C=O) groups is 1. The molecule has 5 aromatic rings. The number of benzene rings is 3. The molecule has 0 bridgehead atoms. The molecule has 0 fully saturated rings. The zero-order valence-corrected chi connectivity index (χ0v) is 24.9. The molecule has 5 nitrogen and oxygen atoms in total. The fourth-order valence-electron chi connectivity index (χ4n) is 4.57. The Kier molecular flexibility index (Phi) is 8.94. The Bertz CT molecular complexity index is 1650. The highest BCUT2D eigenvalue weighted by atomic mass is 35.5. The zero-order valence-electron chi connectivity index (χ0n) is 21.7. The van der Waals surface area contributed by atoms with Gasteiger partial charge in [0.05, 0.1) is 10.4 Å². The van der Waals surface area contributed by atoms with Crippen LogP contribution in [0.4, 0.5) is 0 Å². The molecule has 2 aromatic heterocycles. The lowest BCUT2D eigenvalue weighted by atomic mass is 9.98. The first-order valence-corrected chi connectivity index (χ1v) is 16.0. The van der Waals surface area contributed by atoms with Crippen molar-refractivity contribution in [2.24, 2.45) is 0 Å². The van der Waals surface area contributed by atoms with E-state index in [0.29, 0.717) is 29.3 Å². The number of aryl methyl sites for hydroxylation is 1. The van der Waals surface area contributed by atoms with Crippen molar-refractivity contribution >= 4 is 58.2 Å². The summed E-state index contributed by atoms with van der Waals surface area (Å²) in [5.74, 6) is -0.196. The molecule has 2 heterocycles. The first kappa shape index (κ1) is 28.4. The summed E-state index contributed by atoms with van der Waals surface area (Å²) in [5, 5.41) is 5.72. The molecular weight excluding hydrogens is 580 g/mol. The van der Waals surface area contributed by atoms with Crippen molar-refractivity contribution in [2.75, 3.05) is 6.54 Å². The monoisotopic (exact) mass is 605 g/mol. The number of ketones is 1. The van der Waals surface area contributed by atoms with Crippen LogP contribution in [0.5, 0.6) is 0 Å². The zero-order chi connectivity index (χ0) is 28.1. The van der Waals surface area contributed by atoms with Crippen molar-refractivity contribution in [3.05, 3.63) is 140 Å². The summed E-state index contributed by atoms with van der Waals surface area (Å²) in [6.45, 7) is 2.51. The second-order valence-corrected chi connectivity index (χ2v) is 13.9. The molecule has 1 N–H and O–H groups in total. The van der Waals surface area contributed by atoms with Crippen LogP contribution in [0.2, 0.25) is 10.2 Å². The van der Waals surface area contributed by atoms with E-state index in [1.807, 2.05) is 91.9 Å². The third-order valence-corrected chi connectivity index (χ3v) is 11.0. The van der Waals surface area contributed by atoms with Crippen LogP contribution < -0.4 is 15.7 Å². The van der Waals surface area contributed by atoms with Crippen LogP contribution in [-0.2, 0) is 17.4 Å². The number of nitrogens with zero attached hydrogens (tertiary/aromatic N) is 2. The highest BCUT2D eigenvalue weighted by molar-refractivity contribution is 7.76. The van der Waals surface area contributed by atoms with Gasteiger partial charge in [-0.05, 0) is 78.9 Å². The molecule has 0 radical (unpaired) electrons.